The van der Waals surface area contributed by atoms with Crippen LogP contribution in [-0.4, -0.2) is 51.4 Å². The van der Waals surface area contributed by atoms with E-state index in [2.05, 4.69) is 5.32 Å². The van der Waals surface area contributed by atoms with Gasteiger partial charge < -0.3 is 15.0 Å². The number of carbonyl (C=O) groups excluding carboxylic acids is 2. The number of amides is 2. The van der Waals surface area contributed by atoms with Crippen molar-refractivity contribution in [1.82, 2.24) is 10.2 Å². The van der Waals surface area contributed by atoms with E-state index in [1.807, 2.05) is 51.1 Å². The van der Waals surface area contributed by atoms with Gasteiger partial charge in [0.25, 0.3) is 10.0 Å². The second-order valence-corrected chi connectivity index (χ2v) is 12.2. The number of halogens is 1. The zero-order valence-corrected chi connectivity index (χ0v) is 25.0. The van der Waals surface area contributed by atoms with Crippen LogP contribution >= 0.6 is 11.6 Å². The van der Waals surface area contributed by atoms with Gasteiger partial charge in [-0.25, -0.2) is 8.42 Å². The number of hydrogen-bond acceptors (Lipinski definition) is 5. The van der Waals surface area contributed by atoms with Crippen molar-refractivity contribution in [2.45, 2.75) is 45.2 Å². The van der Waals surface area contributed by atoms with Crippen LogP contribution in [0.3, 0.4) is 0 Å². The maximum absolute atomic E-state index is 13.9. The van der Waals surface area contributed by atoms with Crippen LogP contribution in [0.4, 0.5) is 5.69 Å². The lowest BCUT2D eigenvalue weighted by Gasteiger charge is -2.32. The molecule has 0 aromatic heterocycles. The van der Waals surface area contributed by atoms with E-state index < -0.39 is 28.5 Å². The minimum atomic E-state index is -4.19. The molecule has 3 rings (SSSR count). The molecule has 0 aliphatic heterocycles. The van der Waals surface area contributed by atoms with E-state index in [1.54, 1.807) is 25.1 Å². The summed E-state index contributed by atoms with van der Waals surface area (Å²) in [5.74, 6) is -0.271. The standard InChI is InChI=1S/C30H36ClN3O5S/c1-21(2)18-32-30(36)23(4)33(19-24-9-7-6-8-10-24)29(35)20-34(25-13-16-28(39-5)27(31)17-25)40(37,38)26-14-11-22(3)12-15-26/h6-17,21,23H,18-20H2,1-5H3,(H,32,36)/t23-/m0/s1. The SMILES string of the molecule is COc1ccc(N(CC(=O)N(Cc2ccccc2)[C@@H](C)C(=O)NCC(C)C)S(=O)(=O)c2ccc(C)cc2)cc1Cl. The van der Waals surface area contributed by atoms with Gasteiger partial charge in [0, 0.05) is 13.1 Å². The van der Waals surface area contributed by atoms with E-state index in [9.17, 15) is 18.0 Å². The second-order valence-electron chi connectivity index (χ2n) is 9.97. The lowest BCUT2D eigenvalue weighted by molar-refractivity contribution is -0.139. The average molecular weight is 586 g/mol. The molecule has 0 aliphatic rings. The Morgan fingerprint density at radius 1 is 0.975 bits per heavy atom. The van der Waals surface area contributed by atoms with Gasteiger partial charge in [0.15, 0.2) is 0 Å². The Balaban J connectivity index is 2.03. The molecular formula is C30H36ClN3O5S. The first kappa shape index (κ1) is 31.0. The third kappa shape index (κ3) is 7.76. The number of rotatable bonds is 12. The Morgan fingerprint density at radius 2 is 1.62 bits per heavy atom. The van der Waals surface area contributed by atoms with Crippen LogP contribution < -0.4 is 14.4 Å². The van der Waals surface area contributed by atoms with E-state index in [1.165, 1.54) is 36.3 Å². The molecule has 214 valence electrons. The van der Waals surface area contributed by atoms with Gasteiger partial charge in [0.05, 0.1) is 22.7 Å². The summed E-state index contributed by atoms with van der Waals surface area (Å²) in [5.41, 5.74) is 1.89. The summed E-state index contributed by atoms with van der Waals surface area (Å²) >= 11 is 6.35. The van der Waals surface area contributed by atoms with Crippen LogP contribution in [0.1, 0.15) is 31.9 Å². The zero-order chi connectivity index (χ0) is 29.4. The molecule has 0 saturated carbocycles. The molecule has 0 unspecified atom stereocenters. The smallest absolute Gasteiger partial charge is 0.264 e. The summed E-state index contributed by atoms with van der Waals surface area (Å²) in [4.78, 5) is 28.4. The molecule has 40 heavy (non-hydrogen) atoms. The number of carbonyl (C=O) groups is 2. The van der Waals surface area contributed by atoms with Gasteiger partial charge in [-0.15, -0.1) is 0 Å². The van der Waals surface area contributed by atoms with Crippen molar-refractivity contribution in [2.75, 3.05) is 24.5 Å². The number of hydrogen-bond donors (Lipinski definition) is 1. The number of aryl methyl sites for hydroxylation is 1. The highest BCUT2D eigenvalue weighted by Crippen LogP contribution is 2.32. The molecule has 0 bridgehead atoms. The number of nitrogens with zero attached hydrogens (tertiary/aromatic N) is 2. The number of sulfonamides is 1. The summed E-state index contributed by atoms with van der Waals surface area (Å²) in [7, 11) is -2.73. The quantitative estimate of drug-likeness (QED) is 0.321. The van der Waals surface area contributed by atoms with Crippen molar-refractivity contribution in [3.63, 3.8) is 0 Å². The molecule has 3 aromatic rings. The summed E-state index contributed by atoms with van der Waals surface area (Å²) in [6.45, 7) is 7.48. The van der Waals surface area contributed by atoms with Crippen molar-refractivity contribution in [3.8, 4) is 5.75 Å². The van der Waals surface area contributed by atoms with E-state index in [-0.39, 0.29) is 34.0 Å². The van der Waals surface area contributed by atoms with Crippen LogP contribution in [0, 0.1) is 12.8 Å². The molecule has 1 atom stereocenters. The predicted molar refractivity (Wildman–Crippen MR) is 158 cm³/mol. The molecule has 3 aromatic carbocycles. The fourth-order valence-electron chi connectivity index (χ4n) is 3.99. The normalized spacial score (nSPS) is 12.1. The summed E-state index contributed by atoms with van der Waals surface area (Å²) in [5, 5.41) is 3.07. The molecule has 0 heterocycles. The highest BCUT2D eigenvalue weighted by atomic mass is 35.5. The molecule has 0 saturated heterocycles. The minimum Gasteiger partial charge on any atom is -0.495 e. The van der Waals surface area contributed by atoms with Crippen molar-refractivity contribution in [1.29, 1.82) is 0 Å². The van der Waals surface area contributed by atoms with Gasteiger partial charge in [0.1, 0.15) is 18.3 Å². The first-order chi connectivity index (χ1) is 18.9. The van der Waals surface area contributed by atoms with Crippen LogP contribution in [0.2, 0.25) is 5.02 Å². The Labute approximate surface area is 241 Å². The largest absolute Gasteiger partial charge is 0.495 e. The van der Waals surface area contributed by atoms with Crippen LogP contribution in [0.15, 0.2) is 77.7 Å². The van der Waals surface area contributed by atoms with Crippen molar-refractivity contribution < 1.29 is 22.7 Å². The lowest BCUT2D eigenvalue weighted by atomic mass is 10.1. The van der Waals surface area contributed by atoms with Gasteiger partial charge in [-0.05, 0) is 55.7 Å². The van der Waals surface area contributed by atoms with Crippen LogP contribution in [0.5, 0.6) is 5.75 Å². The Hall–Kier alpha value is -3.56. The van der Waals surface area contributed by atoms with Crippen molar-refractivity contribution in [3.05, 3.63) is 88.9 Å². The molecule has 0 radical (unpaired) electrons. The highest BCUT2D eigenvalue weighted by molar-refractivity contribution is 7.92. The summed E-state index contributed by atoms with van der Waals surface area (Å²) in [6.07, 6.45) is 0. The maximum Gasteiger partial charge on any atom is 0.264 e. The minimum absolute atomic E-state index is 0.0233. The number of methoxy groups -OCH3 is 1. The monoisotopic (exact) mass is 585 g/mol. The molecule has 0 fully saturated rings. The van der Waals surface area contributed by atoms with E-state index in [0.29, 0.717) is 12.3 Å². The lowest BCUT2D eigenvalue weighted by Crippen LogP contribution is -2.51. The van der Waals surface area contributed by atoms with Crippen molar-refractivity contribution >= 4 is 39.1 Å². The zero-order valence-electron chi connectivity index (χ0n) is 23.4. The van der Waals surface area contributed by atoms with Gasteiger partial charge >= 0.3 is 0 Å². The molecule has 10 heteroatoms. The average Bonchev–Trinajstić information content (AvgIpc) is 2.93. The van der Waals surface area contributed by atoms with Crippen LogP contribution in [-0.2, 0) is 26.2 Å². The summed E-state index contributed by atoms with van der Waals surface area (Å²) < 4.78 is 34.1. The third-order valence-electron chi connectivity index (χ3n) is 6.36. The van der Waals surface area contributed by atoms with Gasteiger partial charge in [-0.2, -0.15) is 0 Å². The first-order valence-corrected chi connectivity index (χ1v) is 14.8. The summed E-state index contributed by atoms with van der Waals surface area (Å²) in [6, 6.07) is 19.3. The first-order valence-electron chi connectivity index (χ1n) is 13.0. The number of nitrogens with one attached hydrogen (secondary N) is 1. The Morgan fingerprint density at radius 3 is 2.20 bits per heavy atom. The molecule has 0 aliphatic carbocycles. The number of ether oxygens (including phenoxy) is 1. The highest BCUT2D eigenvalue weighted by Gasteiger charge is 2.32. The Bertz CT molecular complexity index is 1410. The molecule has 0 spiro atoms. The van der Waals surface area contributed by atoms with Crippen LogP contribution in [0.25, 0.3) is 0 Å². The van der Waals surface area contributed by atoms with E-state index in [4.69, 9.17) is 16.3 Å². The van der Waals surface area contributed by atoms with Crippen molar-refractivity contribution in [2.24, 2.45) is 5.92 Å². The molecule has 1 N–H and O–H groups in total. The molecule has 2 amide bonds. The number of anilines is 1. The second kappa shape index (κ2) is 13.7. The fraction of sp³-hybridized carbons (Fsp3) is 0.333. The van der Waals surface area contributed by atoms with Gasteiger partial charge in [-0.3, -0.25) is 13.9 Å². The molecular weight excluding hydrogens is 550 g/mol. The predicted octanol–water partition coefficient (Wildman–Crippen LogP) is 5.04. The third-order valence-corrected chi connectivity index (χ3v) is 8.44. The fourth-order valence-corrected chi connectivity index (χ4v) is 5.65. The number of benzene rings is 3. The van der Waals surface area contributed by atoms with Gasteiger partial charge in [-0.1, -0.05) is 73.5 Å². The van der Waals surface area contributed by atoms with E-state index >= 15 is 0 Å². The molecule has 8 nitrogen and oxygen atoms in total. The maximum atomic E-state index is 13.9. The van der Waals surface area contributed by atoms with Gasteiger partial charge in [0.2, 0.25) is 11.8 Å². The Kier molecular flexibility index (Phi) is 10.6. The topological polar surface area (TPSA) is 96.0 Å². The van der Waals surface area contributed by atoms with E-state index in [0.717, 1.165) is 15.4 Å².